The van der Waals surface area contributed by atoms with Gasteiger partial charge in [-0.05, 0) is 85.5 Å². The van der Waals surface area contributed by atoms with Crippen LogP contribution >= 0.6 is 0 Å². The second kappa shape index (κ2) is 14.2. The van der Waals surface area contributed by atoms with E-state index < -0.39 is 18.1 Å². The van der Waals surface area contributed by atoms with E-state index in [0.29, 0.717) is 22.8 Å². The van der Waals surface area contributed by atoms with Crippen LogP contribution in [0.3, 0.4) is 0 Å². The Bertz CT molecular complexity index is 3000. The number of pyridine rings is 1. The Balaban J connectivity index is 0.00000499. The van der Waals surface area contributed by atoms with Crippen LogP contribution in [0.15, 0.2) is 128 Å². The zero-order valence-corrected chi connectivity index (χ0v) is 33.6. The summed E-state index contributed by atoms with van der Waals surface area (Å²) >= 11 is 0. The Kier molecular flexibility index (Phi) is 7.92. The topological polar surface area (TPSA) is 39.1 Å². The number of imidazole rings is 1. The summed E-state index contributed by atoms with van der Waals surface area (Å²) in [5, 5.41) is 2.11. The third-order valence-electron chi connectivity index (χ3n) is 10.2. The van der Waals surface area contributed by atoms with Gasteiger partial charge in [-0.25, -0.2) is 4.98 Å². The summed E-state index contributed by atoms with van der Waals surface area (Å²) in [6, 6.07) is 33.2. The number of fused-ring (bicyclic) bond motifs is 4. The smallest absolute Gasteiger partial charge is 0.320 e. The molecule has 0 aliphatic carbocycles. The molecule has 0 fully saturated rings. The SMILES string of the molecule is [2H]c1c([2H])c([2H])c(-[n+]2[c-]n(-c3[c-]c(Oc4[c-]c5c(cc4)c4ccccc4n5-c4cc(C(C)(C)C)ccn4)ccc3)c3c2B(c2c(C)cccc2C)N(C)C=C3)c([2H])c1[2H].[Pt]. The Morgan fingerprint density at radius 2 is 1.58 bits per heavy atom. The van der Waals surface area contributed by atoms with Gasteiger partial charge in [-0.1, -0.05) is 97.4 Å². The van der Waals surface area contributed by atoms with Gasteiger partial charge in [-0.15, -0.1) is 29.7 Å². The van der Waals surface area contributed by atoms with E-state index in [4.69, 9.17) is 16.6 Å². The van der Waals surface area contributed by atoms with Crippen molar-refractivity contribution in [2.75, 3.05) is 7.05 Å². The average molecular weight is 902 g/mol. The van der Waals surface area contributed by atoms with Crippen molar-refractivity contribution >= 4 is 45.8 Å². The molecule has 0 N–H and O–H groups in total. The number of nitrogens with zero attached hydrogens (tertiary/aromatic N) is 5. The van der Waals surface area contributed by atoms with Gasteiger partial charge in [-0.2, -0.15) is 18.2 Å². The first-order valence-electron chi connectivity index (χ1n) is 20.5. The maximum atomic E-state index is 8.98. The van der Waals surface area contributed by atoms with E-state index in [0.717, 1.165) is 49.9 Å². The number of hydrogen-bond donors (Lipinski definition) is 0. The first-order valence-corrected chi connectivity index (χ1v) is 18.0. The maximum Gasteiger partial charge on any atom is 0.320 e. The fourth-order valence-electron chi connectivity index (χ4n) is 7.56. The summed E-state index contributed by atoms with van der Waals surface area (Å²) in [7, 11) is 1.98. The molecule has 3 aromatic heterocycles. The number of ether oxygens (including phenoxy) is 1. The molecule has 1 aliphatic heterocycles. The average Bonchev–Trinajstić information content (AvgIpc) is 3.76. The van der Waals surface area contributed by atoms with Crippen LogP contribution in [-0.4, -0.2) is 32.8 Å². The molecule has 0 unspecified atom stereocenters. The van der Waals surface area contributed by atoms with Crippen molar-refractivity contribution in [3.8, 4) is 28.7 Å². The molecule has 55 heavy (non-hydrogen) atoms. The molecule has 4 heterocycles. The number of hydrogen-bond acceptors (Lipinski definition) is 3. The van der Waals surface area contributed by atoms with Crippen molar-refractivity contribution in [3.63, 3.8) is 0 Å². The standard InChI is InChI=1S/C47H40BN5O.Pt/c1-32-14-12-15-33(2)45(32)48-46-42(25-27-50(48)6)51(31-52(46)35-16-8-7-9-17-35)36-18-13-19-37(29-36)54-38-22-23-40-39-20-10-11-21-41(39)53(43(40)30-38)44-28-34(24-26-49-44)47(3,4)5;/h7-28H,1-6H3;/q-2;/i7D,8D,9D,16D,17D;. The molecule has 8 heteroatoms. The number of aromatic nitrogens is 4. The molecule has 0 saturated carbocycles. The van der Waals surface area contributed by atoms with Gasteiger partial charge in [0.25, 0.3) is 6.33 Å². The first kappa shape index (κ1) is 30.7. The van der Waals surface area contributed by atoms with Crippen molar-refractivity contribution in [1.82, 2.24) is 18.9 Å². The largest absolute Gasteiger partial charge is 0.510 e. The van der Waals surface area contributed by atoms with Crippen molar-refractivity contribution in [3.05, 3.63) is 168 Å². The molecule has 274 valence electrons. The summed E-state index contributed by atoms with van der Waals surface area (Å²) in [4.78, 5) is 6.88. The number of rotatable bonds is 6. The van der Waals surface area contributed by atoms with Crippen LogP contribution in [0.5, 0.6) is 11.5 Å². The third kappa shape index (κ3) is 6.41. The molecule has 1 aliphatic rings. The molecule has 0 spiro atoms. The van der Waals surface area contributed by atoms with E-state index in [1.165, 1.54) is 5.56 Å². The molecule has 0 saturated heterocycles. The maximum absolute atomic E-state index is 8.98. The van der Waals surface area contributed by atoms with Gasteiger partial charge in [0.1, 0.15) is 5.82 Å². The summed E-state index contributed by atoms with van der Waals surface area (Å²) in [5.41, 5.74) is 8.15. The first-order chi connectivity index (χ1) is 28.2. The summed E-state index contributed by atoms with van der Waals surface area (Å²) in [6.07, 6.45) is 9.19. The van der Waals surface area contributed by atoms with Crippen molar-refractivity contribution in [2.24, 2.45) is 0 Å². The van der Waals surface area contributed by atoms with Crippen LogP contribution in [0.25, 0.3) is 45.1 Å². The van der Waals surface area contributed by atoms with Crippen molar-refractivity contribution in [1.29, 1.82) is 0 Å². The number of para-hydroxylation sites is 2. The molecule has 8 aromatic rings. The Hall–Kier alpha value is -5.65. The van der Waals surface area contributed by atoms with E-state index in [-0.39, 0.29) is 51.1 Å². The Morgan fingerprint density at radius 3 is 2.36 bits per heavy atom. The third-order valence-corrected chi connectivity index (χ3v) is 10.2. The van der Waals surface area contributed by atoms with Gasteiger partial charge >= 0.3 is 6.85 Å². The molecule has 0 atom stereocenters. The fraction of sp³-hybridized carbons (Fsp3) is 0.149. The summed E-state index contributed by atoms with van der Waals surface area (Å²) in [5.74, 6) is 1.72. The van der Waals surface area contributed by atoms with Crippen LogP contribution in [0.2, 0.25) is 0 Å². The van der Waals surface area contributed by atoms with E-state index in [1.807, 2.05) is 78.6 Å². The normalized spacial score (nSPS) is 13.9. The van der Waals surface area contributed by atoms with Crippen LogP contribution in [0.1, 0.15) is 50.0 Å². The Morgan fingerprint density at radius 1 is 0.836 bits per heavy atom. The summed E-state index contributed by atoms with van der Waals surface area (Å²) in [6.45, 7) is 10.3. The minimum absolute atomic E-state index is 0. The van der Waals surface area contributed by atoms with Crippen LogP contribution in [0.4, 0.5) is 0 Å². The molecule has 5 aromatic carbocycles. The minimum Gasteiger partial charge on any atom is -0.510 e. The van der Waals surface area contributed by atoms with Gasteiger partial charge in [0.2, 0.25) is 0 Å². The predicted octanol–water partition coefficient (Wildman–Crippen LogP) is 8.37. The quantitative estimate of drug-likeness (QED) is 0.0958. The molecule has 6 nitrogen and oxygen atoms in total. The zero-order chi connectivity index (χ0) is 41.5. The van der Waals surface area contributed by atoms with Crippen LogP contribution < -0.4 is 20.4 Å². The van der Waals surface area contributed by atoms with E-state index in [2.05, 4.69) is 98.9 Å². The van der Waals surface area contributed by atoms with E-state index >= 15 is 0 Å². The van der Waals surface area contributed by atoms with Gasteiger partial charge < -0.3 is 18.7 Å². The van der Waals surface area contributed by atoms with Gasteiger partial charge in [0, 0.05) is 44.3 Å². The zero-order valence-electron chi connectivity index (χ0n) is 36.4. The number of aryl methyl sites for hydroxylation is 2. The predicted molar refractivity (Wildman–Crippen MR) is 219 cm³/mol. The minimum atomic E-state index is -0.454. The number of benzene rings is 5. The van der Waals surface area contributed by atoms with Gasteiger partial charge in [0.05, 0.1) is 23.8 Å². The Labute approximate surface area is 344 Å². The van der Waals surface area contributed by atoms with Crippen molar-refractivity contribution < 1.29 is 37.2 Å². The van der Waals surface area contributed by atoms with Gasteiger partial charge in [0.15, 0.2) is 0 Å². The molecular formula is C47H40BN5OPt-2. The monoisotopic (exact) mass is 901 g/mol. The second-order valence-electron chi connectivity index (χ2n) is 14.8. The van der Waals surface area contributed by atoms with Gasteiger partial charge in [-0.3, -0.25) is 4.57 Å². The molecule has 9 rings (SSSR count). The molecule has 0 amide bonds. The second-order valence-corrected chi connectivity index (χ2v) is 14.8. The van der Waals surface area contributed by atoms with Crippen LogP contribution in [-0.2, 0) is 26.5 Å². The fourth-order valence-corrected chi connectivity index (χ4v) is 7.56. The van der Waals surface area contributed by atoms with E-state index in [1.54, 1.807) is 4.57 Å². The molecular weight excluding hydrogens is 856 g/mol. The van der Waals surface area contributed by atoms with Crippen molar-refractivity contribution in [2.45, 2.75) is 40.0 Å². The molecule has 0 radical (unpaired) electrons. The molecule has 0 bridgehead atoms. The summed E-state index contributed by atoms with van der Waals surface area (Å²) < 4.78 is 55.4. The van der Waals surface area contributed by atoms with Crippen LogP contribution in [0, 0.1) is 32.3 Å². The van der Waals surface area contributed by atoms with E-state index in [9.17, 15) is 0 Å².